The molecule has 132 valence electrons. The number of benzene rings is 1. The summed E-state index contributed by atoms with van der Waals surface area (Å²) >= 11 is 0. The molecule has 1 aromatic heterocycles. The van der Waals surface area contributed by atoms with Gasteiger partial charge in [0.1, 0.15) is 5.82 Å². The minimum atomic E-state index is -0.222. The molecule has 2 amide bonds. The molecule has 1 aliphatic rings. The molecule has 2 heterocycles. The van der Waals surface area contributed by atoms with E-state index in [0.29, 0.717) is 31.6 Å². The Hall–Kier alpha value is -2.47. The smallest absolute Gasteiger partial charge is 0.317 e. The summed E-state index contributed by atoms with van der Waals surface area (Å²) < 4.78 is 13.6. The number of rotatable bonds is 5. The van der Waals surface area contributed by atoms with Crippen LogP contribution in [0.1, 0.15) is 11.3 Å². The zero-order valence-electron chi connectivity index (χ0n) is 14.2. The number of urea groups is 1. The highest BCUT2D eigenvalue weighted by Gasteiger charge is 2.21. The Labute approximate surface area is 147 Å². The highest BCUT2D eigenvalue weighted by Crippen LogP contribution is 2.08. The van der Waals surface area contributed by atoms with Crippen LogP contribution in [0.15, 0.2) is 48.7 Å². The normalized spacial score (nSPS) is 15.2. The Kier molecular flexibility index (Phi) is 5.95. The van der Waals surface area contributed by atoms with Gasteiger partial charge in [-0.2, -0.15) is 0 Å². The lowest BCUT2D eigenvalue weighted by molar-refractivity contribution is 0.134. The molecule has 1 fully saturated rings. The molecular weight excluding hydrogens is 319 g/mol. The Morgan fingerprint density at radius 1 is 1.08 bits per heavy atom. The van der Waals surface area contributed by atoms with E-state index in [0.717, 1.165) is 25.3 Å². The SMILES string of the molecule is O=C(NCCc1ccccc1F)N1CCN(Cc2ccccn2)CC1. The van der Waals surface area contributed by atoms with Gasteiger partial charge in [0.15, 0.2) is 0 Å². The van der Waals surface area contributed by atoms with Crippen molar-refractivity contribution in [2.75, 3.05) is 32.7 Å². The molecule has 0 aliphatic carbocycles. The van der Waals surface area contributed by atoms with Crippen molar-refractivity contribution >= 4 is 6.03 Å². The highest BCUT2D eigenvalue weighted by atomic mass is 19.1. The van der Waals surface area contributed by atoms with Gasteiger partial charge in [0, 0.05) is 45.5 Å². The molecule has 0 atom stereocenters. The molecule has 0 bridgehead atoms. The lowest BCUT2D eigenvalue weighted by Crippen LogP contribution is -2.51. The van der Waals surface area contributed by atoms with Crippen LogP contribution < -0.4 is 5.32 Å². The van der Waals surface area contributed by atoms with Crippen molar-refractivity contribution in [2.45, 2.75) is 13.0 Å². The summed E-state index contributed by atoms with van der Waals surface area (Å²) in [6, 6.07) is 12.5. The lowest BCUT2D eigenvalue weighted by Gasteiger charge is -2.34. The van der Waals surface area contributed by atoms with Gasteiger partial charge in [-0.1, -0.05) is 24.3 Å². The van der Waals surface area contributed by atoms with Gasteiger partial charge in [0.2, 0.25) is 0 Å². The molecule has 6 heteroatoms. The first-order valence-corrected chi connectivity index (χ1v) is 8.61. The van der Waals surface area contributed by atoms with Gasteiger partial charge in [-0.15, -0.1) is 0 Å². The van der Waals surface area contributed by atoms with Crippen molar-refractivity contribution in [3.05, 3.63) is 65.7 Å². The van der Waals surface area contributed by atoms with Crippen LogP contribution >= 0.6 is 0 Å². The molecule has 0 radical (unpaired) electrons. The summed E-state index contributed by atoms with van der Waals surface area (Å²) in [6.45, 7) is 4.29. The van der Waals surface area contributed by atoms with Crippen molar-refractivity contribution in [2.24, 2.45) is 0 Å². The predicted octanol–water partition coefficient (Wildman–Crippen LogP) is 2.29. The van der Waals surface area contributed by atoms with Gasteiger partial charge >= 0.3 is 6.03 Å². The van der Waals surface area contributed by atoms with Crippen molar-refractivity contribution in [1.82, 2.24) is 20.1 Å². The van der Waals surface area contributed by atoms with Crippen molar-refractivity contribution in [3.63, 3.8) is 0 Å². The van der Waals surface area contributed by atoms with E-state index in [1.54, 1.807) is 24.4 Å². The van der Waals surface area contributed by atoms with Crippen LogP contribution in [0.3, 0.4) is 0 Å². The Balaban J connectivity index is 1.39. The fourth-order valence-corrected chi connectivity index (χ4v) is 2.95. The number of carbonyl (C=O) groups excluding carboxylic acids is 1. The van der Waals surface area contributed by atoms with Crippen molar-refractivity contribution in [3.8, 4) is 0 Å². The van der Waals surface area contributed by atoms with Crippen molar-refractivity contribution in [1.29, 1.82) is 0 Å². The van der Waals surface area contributed by atoms with Gasteiger partial charge in [-0.25, -0.2) is 9.18 Å². The number of hydrogen-bond donors (Lipinski definition) is 1. The fourth-order valence-electron chi connectivity index (χ4n) is 2.95. The molecule has 1 aromatic carbocycles. The summed E-state index contributed by atoms with van der Waals surface area (Å²) in [5, 5.41) is 2.88. The number of amides is 2. The number of carbonyl (C=O) groups is 1. The number of aromatic nitrogens is 1. The van der Waals surface area contributed by atoms with E-state index in [1.165, 1.54) is 6.07 Å². The summed E-state index contributed by atoms with van der Waals surface area (Å²) in [7, 11) is 0. The van der Waals surface area contributed by atoms with Gasteiger partial charge in [0.25, 0.3) is 0 Å². The molecule has 0 spiro atoms. The first-order chi connectivity index (χ1) is 12.2. The number of pyridine rings is 1. The fraction of sp³-hybridized carbons (Fsp3) is 0.368. The van der Waals surface area contributed by atoms with E-state index >= 15 is 0 Å². The summed E-state index contributed by atoms with van der Waals surface area (Å²) in [4.78, 5) is 20.7. The zero-order valence-corrected chi connectivity index (χ0v) is 14.2. The number of hydrogen-bond acceptors (Lipinski definition) is 3. The van der Waals surface area contributed by atoms with Gasteiger partial charge in [-0.3, -0.25) is 9.88 Å². The average Bonchev–Trinajstić information content (AvgIpc) is 2.65. The third-order valence-electron chi connectivity index (χ3n) is 4.40. The Morgan fingerprint density at radius 3 is 2.56 bits per heavy atom. The third-order valence-corrected chi connectivity index (χ3v) is 4.40. The lowest BCUT2D eigenvalue weighted by atomic mass is 10.1. The molecule has 2 aromatic rings. The summed E-state index contributed by atoms with van der Waals surface area (Å²) in [5.41, 5.74) is 1.67. The van der Waals surface area contributed by atoms with Crippen LogP contribution in [0, 0.1) is 5.82 Å². The number of halogens is 1. The van der Waals surface area contributed by atoms with Gasteiger partial charge < -0.3 is 10.2 Å². The second kappa shape index (κ2) is 8.58. The van der Waals surface area contributed by atoms with Crippen LogP contribution in [-0.4, -0.2) is 53.5 Å². The molecule has 5 nitrogen and oxygen atoms in total. The van der Waals surface area contributed by atoms with Crippen LogP contribution in [0.5, 0.6) is 0 Å². The maximum Gasteiger partial charge on any atom is 0.317 e. The number of nitrogens with zero attached hydrogens (tertiary/aromatic N) is 3. The van der Waals surface area contributed by atoms with Crippen LogP contribution in [0.4, 0.5) is 9.18 Å². The maximum absolute atomic E-state index is 13.6. The maximum atomic E-state index is 13.6. The average molecular weight is 342 g/mol. The van der Waals surface area contributed by atoms with E-state index in [-0.39, 0.29) is 11.8 Å². The highest BCUT2D eigenvalue weighted by molar-refractivity contribution is 5.74. The number of nitrogens with one attached hydrogen (secondary N) is 1. The van der Waals surface area contributed by atoms with E-state index in [2.05, 4.69) is 15.2 Å². The molecule has 0 unspecified atom stereocenters. The molecule has 1 N–H and O–H groups in total. The largest absolute Gasteiger partial charge is 0.338 e. The Morgan fingerprint density at radius 2 is 1.84 bits per heavy atom. The minimum absolute atomic E-state index is 0.0752. The molecule has 3 rings (SSSR count). The second-order valence-corrected chi connectivity index (χ2v) is 6.16. The van der Waals surface area contributed by atoms with E-state index in [1.807, 2.05) is 23.1 Å². The number of piperazine rings is 1. The zero-order chi connectivity index (χ0) is 17.5. The molecule has 25 heavy (non-hydrogen) atoms. The van der Waals surface area contributed by atoms with E-state index < -0.39 is 0 Å². The van der Waals surface area contributed by atoms with Crippen molar-refractivity contribution < 1.29 is 9.18 Å². The van der Waals surface area contributed by atoms with Crippen LogP contribution in [-0.2, 0) is 13.0 Å². The molecule has 0 saturated carbocycles. The van der Waals surface area contributed by atoms with Gasteiger partial charge in [0.05, 0.1) is 5.69 Å². The molecular formula is C19H23FN4O. The van der Waals surface area contributed by atoms with Crippen LogP contribution in [0.25, 0.3) is 0 Å². The van der Waals surface area contributed by atoms with Crippen LogP contribution in [0.2, 0.25) is 0 Å². The first-order valence-electron chi connectivity index (χ1n) is 8.61. The van der Waals surface area contributed by atoms with E-state index in [4.69, 9.17) is 0 Å². The summed E-state index contributed by atoms with van der Waals surface area (Å²) in [5.74, 6) is -0.222. The quantitative estimate of drug-likeness (QED) is 0.907. The third kappa shape index (κ3) is 5.00. The van der Waals surface area contributed by atoms with E-state index in [9.17, 15) is 9.18 Å². The second-order valence-electron chi connectivity index (χ2n) is 6.16. The predicted molar refractivity (Wildman–Crippen MR) is 94.6 cm³/mol. The topological polar surface area (TPSA) is 48.5 Å². The monoisotopic (exact) mass is 342 g/mol. The minimum Gasteiger partial charge on any atom is -0.338 e. The van der Waals surface area contributed by atoms with Gasteiger partial charge in [-0.05, 0) is 30.2 Å². The standard InChI is InChI=1S/C19H23FN4O/c20-18-7-2-1-5-16(18)8-10-22-19(25)24-13-11-23(12-14-24)15-17-6-3-4-9-21-17/h1-7,9H,8,10-15H2,(H,22,25). The molecule has 1 aliphatic heterocycles. The first kappa shape index (κ1) is 17.4. The summed E-state index contributed by atoms with van der Waals surface area (Å²) in [6.07, 6.45) is 2.30. The molecule has 1 saturated heterocycles. The Bertz CT molecular complexity index is 687.